The Morgan fingerprint density at radius 3 is 2.38 bits per heavy atom. The van der Waals surface area contributed by atoms with Crippen LogP contribution in [-0.4, -0.2) is 10.8 Å². The number of halogens is 3. The maximum Gasteiger partial charge on any atom is 0.417 e. The van der Waals surface area contributed by atoms with Crippen LogP contribution >= 0.6 is 11.3 Å². The SMILES string of the molecule is CC(C)(C)c1nc(C(C#N)C(=O)c2ccccc2C(F)(F)F)cs1. The summed E-state index contributed by atoms with van der Waals surface area (Å²) in [6, 6.07) is 6.27. The average Bonchev–Trinajstić information content (AvgIpc) is 2.97. The van der Waals surface area contributed by atoms with Crippen LogP contribution in [-0.2, 0) is 11.6 Å². The number of hydrogen-bond donors (Lipinski definition) is 0. The number of carbonyl (C=O) groups is 1. The van der Waals surface area contributed by atoms with Crippen molar-refractivity contribution in [3.05, 3.63) is 51.5 Å². The Kier molecular flexibility index (Phi) is 4.81. The van der Waals surface area contributed by atoms with Crippen LogP contribution in [0.1, 0.15) is 53.3 Å². The normalized spacial score (nSPS) is 13.4. The van der Waals surface area contributed by atoms with Gasteiger partial charge in [0.15, 0.2) is 11.7 Å². The van der Waals surface area contributed by atoms with Crippen molar-refractivity contribution in [2.45, 2.75) is 38.3 Å². The second-order valence-electron chi connectivity index (χ2n) is 6.30. The minimum Gasteiger partial charge on any atom is -0.292 e. The van der Waals surface area contributed by atoms with E-state index in [1.54, 1.807) is 11.4 Å². The first kappa shape index (κ1) is 18.1. The van der Waals surface area contributed by atoms with Gasteiger partial charge in [0, 0.05) is 16.4 Å². The van der Waals surface area contributed by atoms with Gasteiger partial charge in [0.1, 0.15) is 0 Å². The number of ketones is 1. The van der Waals surface area contributed by atoms with Gasteiger partial charge in [-0.25, -0.2) is 4.98 Å². The molecule has 0 fully saturated rings. The van der Waals surface area contributed by atoms with Gasteiger partial charge in [-0.05, 0) is 6.07 Å². The highest BCUT2D eigenvalue weighted by molar-refractivity contribution is 7.09. The fourth-order valence-corrected chi connectivity index (χ4v) is 3.06. The van der Waals surface area contributed by atoms with Gasteiger partial charge in [-0.15, -0.1) is 11.3 Å². The van der Waals surface area contributed by atoms with E-state index in [0.717, 1.165) is 17.1 Å². The van der Waals surface area contributed by atoms with Crippen molar-refractivity contribution in [1.82, 2.24) is 4.98 Å². The molecule has 0 N–H and O–H groups in total. The van der Waals surface area contributed by atoms with Crippen LogP contribution in [0.25, 0.3) is 0 Å². The highest BCUT2D eigenvalue weighted by Gasteiger charge is 2.37. The standard InChI is InChI=1S/C17H15F3N2OS/c1-16(2,3)15-22-13(9-24-15)11(8-21)14(23)10-6-4-5-7-12(10)17(18,19)20/h4-7,9,11H,1-3H3. The summed E-state index contributed by atoms with van der Waals surface area (Å²) in [5.41, 5.74) is -1.63. The van der Waals surface area contributed by atoms with Crippen LogP contribution in [0.2, 0.25) is 0 Å². The van der Waals surface area contributed by atoms with Gasteiger partial charge in [0.25, 0.3) is 0 Å². The Bertz CT molecular complexity index is 797. The maximum atomic E-state index is 13.1. The van der Waals surface area contributed by atoms with E-state index in [1.807, 2.05) is 20.8 Å². The van der Waals surface area contributed by atoms with Crippen LogP contribution in [0.5, 0.6) is 0 Å². The molecule has 0 bridgehead atoms. The molecule has 0 saturated carbocycles. The van der Waals surface area contributed by atoms with E-state index in [1.165, 1.54) is 23.5 Å². The van der Waals surface area contributed by atoms with Crippen molar-refractivity contribution < 1.29 is 18.0 Å². The molecule has 1 unspecified atom stereocenters. The Morgan fingerprint density at radius 2 is 1.88 bits per heavy atom. The first-order valence-corrected chi connectivity index (χ1v) is 7.99. The molecule has 126 valence electrons. The Hall–Kier alpha value is -2.20. The second-order valence-corrected chi connectivity index (χ2v) is 7.16. The zero-order valence-electron chi connectivity index (χ0n) is 13.3. The number of hydrogen-bond acceptors (Lipinski definition) is 4. The predicted octanol–water partition coefficient (Wildman–Crippen LogP) is 4.95. The van der Waals surface area contributed by atoms with Gasteiger partial charge in [0.2, 0.25) is 0 Å². The van der Waals surface area contributed by atoms with Crippen LogP contribution in [0.3, 0.4) is 0 Å². The number of aromatic nitrogens is 1. The molecule has 1 heterocycles. The van der Waals surface area contributed by atoms with Gasteiger partial charge in [-0.1, -0.05) is 39.0 Å². The number of rotatable bonds is 3. The molecule has 0 aliphatic rings. The highest BCUT2D eigenvalue weighted by atomic mass is 32.1. The maximum absolute atomic E-state index is 13.1. The van der Waals surface area contributed by atoms with Gasteiger partial charge >= 0.3 is 6.18 Å². The molecular weight excluding hydrogens is 337 g/mol. The number of alkyl halides is 3. The molecule has 2 rings (SSSR count). The van der Waals surface area contributed by atoms with Crippen LogP contribution in [0, 0.1) is 11.3 Å². The first-order chi connectivity index (χ1) is 11.1. The molecule has 2 aromatic rings. The summed E-state index contributed by atoms with van der Waals surface area (Å²) in [6.45, 7) is 5.79. The Labute approximate surface area is 141 Å². The Balaban J connectivity index is 2.45. The monoisotopic (exact) mass is 352 g/mol. The lowest BCUT2D eigenvalue weighted by Gasteiger charge is -2.15. The van der Waals surface area contributed by atoms with E-state index < -0.39 is 29.0 Å². The number of carbonyl (C=O) groups excluding carboxylic acids is 1. The third-order valence-corrected chi connectivity index (χ3v) is 4.63. The van der Waals surface area contributed by atoms with E-state index in [9.17, 15) is 23.2 Å². The van der Waals surface area contributed by atoms with Crippen LogP contribution in [0.4, 0.5) is 13.2 Å². The van der Waals surface area contributed by atoms with Gasteiger partial charge < -0.3 is 0 Å². The summed E-state index contributed by atoms with van der Waals surface area (Å²) in [7, 11) is 0. The number of benzene rings is 1. The predicted molar refractivity (Wildman–Crippen MR) is 84.9 cm³/mol. The van der Waals surface area contributed by atoms with Crippen molar-refractivity contribution in [1.29, 1.82) is 5.26 Å². The lowest BCUT2D eigenvalue weighted by molar-refractivity contribution is -0.137. The van der Waals surface area contributed by atoms with Crippen LogP contribution in [0.15, 0.2) is 29.6 Å². The molecule has 0 radical (unpaired) electrons. The molecular formula is C17H15F3N2OS. The zero-order valence-corrected chi connectivity index (χ0v) is 14.1. The molecule has 0 amide bonds. The summed E-state index contributed by atoms with van der Waals surface area (Å²) in [4.78, 5) is 16.8. The first-order valence-electron chi connectivity index (χ1n) is 7.11. The molecule has 7 heteroatoms. The molecule has 3 nitrogen and oxygen atoms in total. The Morgan fingerprint density at radius 1 is 1.25 bits per heavy atom. The quantitative estimate of drug-likeness (QED) is 0.735. The van der Waals surface area contributed by atoms with Crippen LogP contribution < -0.4 is 0 Å². The minimum atomic E-state index is -4.66. The zero-order chi connectivity index (χ0) is 18.1. The van der Waals surface area contributed by atoms with Gasteiger partial charge in [-0.3, -0.25) is 4.79 Å². The number of nitrogens with zero attached hydrogens (tertiary/aromatic N) is 2. The molecule has 0 spiro atoms. The van der Waals surface area contributed by atoms with Crippen molar-refractivity contribution in [3.63, 3.8) is 0 Å². The molecule has 1 aromatic carbocycles. The third-order valence-electron chi connectivity index (χ3n) is 3.35. The average molecular weight is 352 g/mol. The topological polar surface area (TPSA) is 53.8 Å². The summed E-state index contributed by atoms with van der Waals surface area (Å²) in [5.74, 6) is -2.25. The third kappa shape index (κ3) is 3.65. The lowest BCUT2D eigenvalue weighted by atomic mass is 9.92. The van der Waals surface area contributed by atoms with E-state index in [-0.39, 0.29) is 11.1 Å². The number of thiazole rings is 1. The highest BCUT2D eigenvalue weighted by Crippen LogP contribution is 2.35. The van der Waals surface area contributed by atoms with E-state index in [0.29, 0.717) is 0 Å². The number of nitriles is 1. The summed E-state index contributed by atoms with van der Waals surface area (Å²) < 4.78 is 39.3. The minimum absolute atomic E-state index is 0.189. The van der Waals surface area contributed by atoms with Crippen molar-refractivity contribution >= 4 is 17.1 Å². The van der Waals surface area contributed by atoms with Crippen molar-refractivity contribution in [2.75, 3.05) is 0 Å². The summed E-state index contributed by atoms with van der Waals surface area (Å²) in [5, 5.41) is 11.6. The molecule has 1 aromatic heterocycles. The summed E-state index contributed by atoms with van der Waals surface area (Å²) >= 11 is 1.29. The van der Waals surface area contributed by atoms with E-state index in [4.69, 9.17) is 0 Å². The second kappa shape index (κ2) is 6.36. The van der Waals surface area contributed by atoms with Crippen molar-refractivity contribution in [3.8, 4) is 6.07 Å². The fraction of sp³-hybridized carbons (Fsp3) is 0.353. The number of Topliss-reactive ketones (excluding diaryl/α,β-unsaturated/α-hetero) is 1. The van der Waals surface area contributed by atoms with E-state index >= 15 is 0 Å². The molecule has 24 heavy (non-hydrogen) atoms. The fourth-order valence-electron chi connectivity index (χ4n) is 2.12. The smallest absolute Gasteiger partial charge is 0.292 e. The molecule has 0 saturated heterocycles. The molecule has 0 aliphatic heterocycles. The van der Waals surface area contributed by atoms with Gasteiger partial charge in [-0.2, -0.15) is 18.4 Å². The van der Waals surface area contributed by atoms with Gasteiger partial charge in [0.05, 0.1) is 22.3 Å². The summed E-state index contributed by atoms with van der Waals surface area (Å²) in [6.07, 6.45) is -4.66. The molecule has 1 atom stereocenters. The molecule has 0 aliphatic carbocycles. The largest absolute Gasteiger partial charge is 0.417 e. The lowest BCUT2D eigenvalue weighted by Crippen LogP contribution is -2.18. The van der Waals surface area contributed by atoms with Crippen molar-refractivity contribution in [2.24, 2.45) is 0 Å². The van der Waals surface area contributed by atoms with E-state index in [2.05, 4.69) is 4.98 Å².